The van der Waals surface area contributed by atoms with Crippen LogP contribution >= 0.6 is 0 Å². The molecule has 1 N–H and O–H groups in total. The molecule has 0 spiro atoms. The van der Waals surface area contributed by atoms with E-state index in [-0.39, 0.29) is 11.9 Å². The van der Waals surface area contributed by atoms with E-state index < -0.39 is 0 Å². The molecule has 3 heteroatoms. The molecule has 1 saturated carbocycles. The number of rotatable bonds is 4. The molecule has 0 aliphatic heterocycles. The van der Waals surface area contributed by atoms with Crippen LogP contribution in [0.3, 0.4) is 0 Å². The molecule has 17 heavy (non-hydrogen) atoms. The van der Waals surface area contributed by atoms with Crippen molar-refractivity contribution in [1.82, 2.24) is 5.32 Å². The lowest BCUT2D eigenvalue weighted by Crippen LogP contribution is -2.36. The maximum absolute atomic E-state index is 11.7. The van der Waals surface area contributed by atoms with Gasteiger partial charge in [-0.2, -0.15) is 5.26 Å². The minimum absolute atomic E-state index is 0.0627. The number of hydrogen-bond acceptors (Lipinski definition) is 2. The highest BCUT2D eigenvalue weighted by molar-refractivity contribution is 5.79. The summed E-state index contributed by atoms with van der Waals surface area (Å²) in [6, 6.07) is 9.75. The number of carbonyl (C=O) groups is 1. The third-order valence-electron chi connectivity index (χ3n) is 3.03. The third-order valence-corrected chi connectivity index (χ3v) is 3.03. The molecule has 1 fully saturated rings. The predicted molar refractivity (Wildman–Crippen MR) is 65.2 cm³/mol. The van der Waals surface area contributed by atoms with E-state index in [1.807, 2.05) is 31.2 Å². The first-order chi connectivity index (χ1) is 8.19. The van der Waals surface area contributed by atoms with Gasteiger partial charge in [0.1, 0.15) is 6.04 Å². The number of nitrogens with one attached hydrogen (secondary N) is 1. The largest absolute Gasteiger partial charge is 0.340 e. The second kappa shape index (κ2) is 5.01. The van der Waals surface area contributed by atoms with Gasteiger partial charge >= 0.3 is 0 Å². The summed E-state index contributed by atoms with van der Waals surface area (Å²) in [7, 11) is 0. The van der Waals surface area contributed by atoms with Crippen molar-refractivity contribution >= 4 is 5.91 Å². The average Bonchev–Trinajstić information content (AvgIpc) is 3.13. The van der Waals surface area contributed by atoms with Crippen LogP contribution in [0.15, 0.2) is 24.3 Å². The van der Waals surface area contributed by atoms with Crippen LogP contribution in [-0.2, 0) is 11.2 Å². The minimum atomic E-state index is -0.298. The Kier molecular flexibility index (Phi) is 3.43. The van der Waals surface area contributed by atoms with E-state index in [2.05, 4.69) is 11.4 Å². The van der Waals surface area contributed by atoms with Gasteiger partial charge in [-0.1, -0.05) is 29.8 Å². The van der Waals surface area contributed by atoms with E-state index in [1.54, 1.807) is 0 Å². The van der Waals surface area contributed by atoms with Crippen molar-refractivity contribution in [3.05, 3.63) is 35.4 Å². The summed E-state index contributed by atoms with van der Waals surface area (Å²) < 4.78 is 0. The highest BCUT2D eigenvalue weighted by Gasteiger charge is 2.32. The number of carbonyl (C=O) groups excluding carboxylic acids is 1. The smallest absolute Gasteiger partial charge is 0.225 e. The van der Waals surface area contributed by atoms with E-state index in [1.165, 1.54) is 5.56 Å². The molecule has 0 heterocycles. The van der Waals surface area contributed by atoms with Gasteiger partial charge in [-0.15, -0.1) is 0 Å². The van der Waals surface area contributed by atoms with Gasteiger partial charge in [-0.3, -0.25) is 4.79 Å². The zero-order valence-corrected chi connectivity index (χ0v) is 9.94. The third kappa shape index (κ3) is 3.32. The molecule has 1 aliphatic carbocycles. The number of amides is 1. The maximum Gasteiger partial charge on any atom is 0.225 e. The summed E-state index contributed by atoms with van der Waals surface area (Å²) in [6.07, 6.45) is 2.47. The molecule has 88 valence electrons. The van der Waals surface area contributed by atoms with Crippen molar-refractivity contribution in [3.8, 4) is 6.07 Å². The zero-order chi connectivity index (χ0) is 12.3. The van der Waals surface area contributed by atoms with Gasteiger partial charge in [-0.05, 0) is 31.2 Å². The van der Waals surface area contributed by atoms with Crippen LogP contribution in [0.25, 0.3) is 0 Å². The van der Waals surface area contributed by atoms with Crippen molar-refractivity contribution in [2.75, 3.05) is 0 Å². The normalized spacial score (nSPS) is 16.0. The van der Waals surface area contributed by atoms with Crippen LogP contribution in [0, 0.1) is 24.2 Å². The Hall–Kier alpha value is -1.82. The van der Waals surface area contributed by atoms with E-state index in [0.717, 1.165) is 18.4 Å². The molecular weight excluding hydrogens is 212 g/mol. The van der Waals surface area contributed by atoms with Crippen LogP contribution < -0.4 is 5.32 Å². The first kappa shape index (κ1) is 11.7. The Morgan fingerprint density at radius 3 is 2.65 bits per heavy atom. The molecule has 2 rings (SSSR count). The highest BCUT2D eigenvalue weighted by atomic mass is 16.1. The molecule has 0 aromatic heterocycles. The second-order valence-corrected chi connectivity index (χ2v) is 4.67. The molecule has 1 unspecified atom stereocenters. The standard InChI is InChI=1S/C14H16N2O/c1-10-2-4-11(5-3-10)8-14(17)16-13(9-15)12-6-7-12/h2-5,12-13H,6-8H2,1H3,(H,16,17). The van der Waals surface area contributed by atoms with E-state index >= 15 is 0 Å². The Balaban J connectivity index is 1.88. The van der Waals surface area contributed by atoms with Crippen molar-refractivity contribution in [2.45, 2.75) is 32.2 Å². The summed E-state index contributed by atoms with van der Waals surface area (Å²) in [5.74, 6) is 0.314. The van der Waals surface area contributed by atoms with Crippen molar-refractivity contribution in [1.29, 1.82) is 5.26 Å². The molecule has 0 bridgehead atoms. The SMILES string of the molecule is Cc1ccc(CC(=O)NC(C#N)C2CC2)cc1. The lowest BCUT2D eigenvalue weighted by atomic mass is 10.1. The maximum atomic E-state index is 11.7. The van der Waals surface area contributed by atoms with Crippen LogP contribution in [-0.4, -0.2) is 11.9 Å². The van der Waals surface area contributed by atoms with Crippen molar-refractivity contribution in [2.24, 2.45) is 5.92 Å². The Morgan fingerprint density at radius 1 is 1.47 bits per heavy atom. The minimum Gasteiger partial charge on any atom is -0.340 e. The molecule has 1 aromatic carbocycles. The lowest BCUT2D eigenvalue weighted by Gasteiger charge is -2.10. The molecule has 0 radical (unpaired) electrons. The number of hydrogen-bond donors (Lipinski definition) is 1. The predicted octanol–water partition coefficient (Wildman–Crippen LogP) is 1.96. The number of benzene rings is 1. The first-order valence-corrected chi connectivity index (χ1v) is 5.93. The molecular formula is C14H16N2O. The second-order valence-electron chi connectivity index (χ2n) is 4.67. The summed E-state index contributed by atoms with van der Waals surface area (Å²) >= 11 is 0. The van der Waals surface area contributed by atoms with Crippen LogP contribution in [0.2, 0.25) is 0 Å². The number of aryl methyl sites for hydroxylation is 1. The molecule has 1 atom stereocenters. The van der Waals surface area contributed by atoms with Gasteiger partial charge in [0.25, 0.3) is 0 Å². The van der Waals surface area contributed by atoms with Crippen LogP contribution in [0.1, 0.15) is 24.0 Å². The molecule has 1 aliphatic rings. The summed E-state index contributed by atoms with van der Waals surface area (Å²) in [5, 5.41) is 11.7. The Morgan fingerprint density at radius 2 is 2.12 bits per heavy atom. The van der Waals surface area contributed by atoms with Gasteiger partial charge in [0, 0.05) is 0 Å². The van der Waals surface area contributed by atoms with E-state index in [4.69, 9.17) is 5.26 Å². The highest BCUT2D eigenvalue weighted by Crippen LogP contribution is 2.32. The van der Waals surface area contributed by atoms with Gasteiger partial charge in [0.15, 0.2) is 0 Å². The molecule has 0 saturated heterocycles. The summed E-state index contributed by atoms with van der Waals surface area (Å²) in [4.78, 5) is 11.7. The molecule has 3 nitrogen and oxygen atoms in total. The topological polar surface area (TPSA) is 52.9 Å². The van der Waals surface area contributed by atoms with Crippen LogP contribution in [0.4, 0.5) is 0 Å². The molecule has 1 aromatic rings. The fourth-order valence-electron chi connectivity index (χ4n) is 1.80. The fraction of sp³-hybridized carbons (Fsp3) is 0.429. The molecule has 1 amide bonds. The van der Waals surface area contributed by atoms with Gasteiger partial charge < -0.3 is 5.32 Å². The van der Waals surface area contributed by atoms with Gasteiger partial charge in [-0.25, -0.2) is 0 Å². The zero-order valence-electron chi connectivity index (χ0n) is 9.94. The number of nitrogens with zero attached hydrogens (tertiary/aromatic N) is 1. The van der Waals surface area contributed by atoms with Gasteiger partial charge in [0.2, 0.25) is 5.91 Å². The number of nitriles is 1. The van der Waals surface area contributed by atoms with Crippen molar-refractivity contribution in [3.63, 3.8) is 0 Å². The first-order valence-electron chi connectivity index (χ1n) is 5.93. The Labute approximate surface area is 101 Å². The lowest BCUT2D eigenvalue weighted by molar-refractivity contribution is -0.120. The monoisotopic (exact) mass is 228 g/mol. The summed E-state index contributed by atoms with van der Waals surface area (Å²) in [5.41, 5.74) is 2.17. The van der Waals surface area contributed by atoms with E-state index in [0.29, 0.717) is 12.3 Å². The average molecular weight is 228 g/mol. The summed E-state index contributed by atoms with van der Waals surface area (Å²) in [6.45, 7) is 2.02. The fourth-order valence-corrected chi connectivity index (χ4v) is 1.80. The quantitative estimate of drug-likeness (QED) is 0.856. The Bertz CT molecular complexity index is 440. The van der Waals surface area contributed by atoms with Crippen LogP contribution in [0.5, 0.6) is 0 Å². The van der Waals surface area contributed by atoms with E-state index in [9.17, 15) is 4.79 Å². The van der Waals surface area contributed by atoms with Crippen molar-refractivity contribution < 1.29 is 4.79 Å². The van der Waals surface area contributed by atoms with Gasteiger partial charge in [0.05, 0.1) is 12.5 Å².